The molecule has 1 unspecified atom stereocenters. The van der Waals surface area contributed by atoms with E-state index in [1.165, 1.54) is 0 Å². The molecule has 2 rings (SSSR count). The number of fused-ring (bicyclic) bond motifs is 1. The fourth-order valence-electron chi connectivity index (χ4n) is 1.10. The van der Waals surface area contributed by atoms with E-state index >= 15 is 0 Å². The van der Waals surface area contributed by atoms with Crippen molar-refractivity contribution in [2.75, 3.05) is 6.54 Å². The van der Waals surface area contributed by atoms with E-state index in [0.29, 0.717) is 6.54 Å². The second-order valence-corrected chi connectivity index (χ2v) is 2.29. The fraction of sp³-hybridized carbons (Fsp3) is 0.333. The van der Waals surface area contributed by atoms with Crippen molar-refractivity contribution in [3.63, 3.8) is 0 Å². The van der Waals surface area contributed by atoms with E-state index in [1.807, 2.05) is 6.08 Å². The van der Waals surface area contributed by atoms with Gasteiger partial charge in [0.1, 0.15) is 5.92 Å². The summed E-state index contributed by atoms with van der Waals surface area (Å²) in [4.78, 5) is 11.0. The minimum atomic E-state index is -0.0648. The van der Waals surface area contributed by atoms with E-state index in [0.717, 1.165) is 5.71 Å². The van der Waals surface area contributed by atoms with E-state index in [4.69, 9.17) is 0 Å². The molecule has 2 heterocycles. The highest BCUT2D eigenvalue weighted by Crippen LogP contribution is 2.09. The predicted molar refractivity (Wildman–Crippen MR) is 36.2 cm³/mol. The summed E-state index contributed by atoms with van der Waals surface area (Å²) in [6.07, 6.45) is 3.43. The minimum absolute atomic E-state index is 0.0336. The van der Waals surface area contributed by atoms with Gasteiger partial charge in [-0.15, -0.1) is 0 Å². The Morgan fingerprint density at radius 1 is 1.70 bits per heavy atom. The first-order chi connectivity index (χ1) is 4.88. The molecule has 0 aromatic rings. The molecule has 0 aliphatic carbocycles. The van der Waals surface area contributed by atoms with Gasteiger partial charge in [0.05, 0.1) is 12.3 Å². The Kier molecular flexibility index (Phi) is 1.00. The summed E-state index contributed by atoms with van der Waals surface area (Å²) in [7, 11) is 0. The second kappa shape index (κ2) is 1.83. The van der Waals surface area contributed by atoms with Gasteiger partial charge in [0.15, 0.2) is 0 Å². The number of allylic oxidation sites excluding steroid dienone is 1. The van der Waals surface area contributed by atoms with Crippen LogP contribution in [0.4, 0.5) is 0 Å². The summed E-state index contributed by atoms with van der Waals surface area (Å²) >= 11 is 0. The van der Waals surface area contributed by atoms with Crippen LogP contribution in [0.3, 0.4) is 0 Å². The Balaban J connectivity index is 2.34. The first-order valence-electron chi connectivity index (χ1n) is 3.15. The highest BCUT2D eigenvalue weighted by molar-refractivity contribution is 6.13. The summed E-state index contributed by atoms with van der Waals surface area (Å²) in [6.45, 7) is 0.630. The third kappa shape index (κ3) is 0.618. The lowest BCUT2D eigenvalue weighted by atomic mass is 10.0. The monoisotopic (exact) mass is 137 g/mol. The van der Waals surface area contributed by atoms with Gasteiger partial charge in [-0.3, -0.25) is 4.79 Å². The Morgan fingerprint density at radius 3 is 3.40 bits per heavy atom. The molecule has 10 heavy (non-hydrogen) atoms. The van der Waals surface area contributed by atoms with Crippen molar-refractivity contribution < 1.29 is 4.79 Å². The molecule has 0 saturated carbocycles. The van der Waals surface area contributed by atoms with Gasteiger partial charge in [-0.05, 0) is 6.08 Å². The molecule has 1 amide bonds. The number of carbonyl (C=O) groups is 1. The standard InChI is InChI=1S/C6H7N3O/c10-6-4-3-8-9-5(4)1-2-7-6/h1-2,4,8H,3H2,(H,7,10). The molecule has 0 aromatic heterocycles. The zero-order valence-electron chi connectivity index (χ0n) is 5.29. The number of carbonyl (C=O) groups excluding carboxylic acids is 1. The quantitative estimate of drug-likeness (QED) is 0.459. The molecule has 0 aromatic carbocycles. The molecule has 0 spiro atoms. The lowest BCUT2D eigenvalue weighted by Gasteiger charge is -2.11. The largest absolute Gasteiger partial charge is 0.332 e. The summed E-state index contributed by atoms with van der Waals surface area (Å²) in [6, 6.07) is 0. The maximum Gasteiger partial charge on any atom is 0.234 e. The van der Waals surface area contributed by atoms with Gasteiger partial charge in [0, 0.05) is 6.20 Å². The minimum Gasteiger partial charge on any atom is -0.332 e. The van der Waals surface area contributed by atoms with Gasteiger partial charge >= 0.3 is 0 Å². The number of nitrogens with zero attached hydrogens (tertiary/aromatic N) is 1. The van der Waals surface area contributed by atoms with E-state index in [1.54, 1.807) is 6.20 Å². The van der Waals surface area contributed by atoms with E-state index in [9.17, 15) is 4.79 Å². The van der Waals surface area contributed by atoms with Crippen LogP contribution in [0.1, 0.15) is 0 Å². The number of hydrogen-bond acceptors (Lipinski definition) is 3. The Bertz CT molecular complexity index is 231. The number of hydrazone groups is 1. The molecular weight excluding hydrogens is 130 g/mol. The van der Waals surface area contributed by atoms with Crippen molar-refractivity contribution in [1.82, 2.24) is 10.7 Å². The van der Waals surface area contributed by atoms with Gasteiger partial charge in [-0.1, -0.05) is 0 Å². The highest BCUT2D eigenvalue weighted by Gasteiger charge is 2.28. The van der Waals surface area contributed by atoms with Crippen LogP contribution < -0.4 is 10.7 Å². The van der Waals surface area contributed by atoms with E-state index in [-0.39, 0.29) is 11.8 Å². The van der Waals surface area contributed by atoms with Gasteiger partial charge in [-0.25, -0.2) is 0 Å². The van der Waals surface area contributed by atoms with Crippen LogP contribution in [0, 0.1) is 5.92 Å². The fourth-order valence-corrected chi connectivity index (χ4v) is 1.10. The lowest BCUT2D eigenvalue weighted by Crippen LogP contribution is -2.36. The number of hydrogen-bond donors (Lipinski definition) is 2. The van der Waals surface area contributed by atoms with Crippen molar-refractivity contribution in [3.05, 3.63) is 12.3 Å². The molecule has 0 bridgehead atoms. The molecular formula is C6H7N3O. The molecule has 2 N–H and O–H groups in total. The van der Waals surface area contributed by atoms with Crippen molar-refractivity contribution >= 4 is 11.6 Å². The number of amides is 1. The molecule has 4 nitrogen and oxygen atoms in total. The van der Waals surface area contributed by atoms with Crippen molar-refractivity contribution in [2.45, 2.75) is 0 Å². The Morgan fingerprint density at radius 2 is 2.60 bits per heavy atom. The Labute approximate surface area is 58.0 Å². The SMILES string of the molecule is O=C1NC=CC2=NNCC12. The summed E-state index contributed by atoms with van der Waals surface area (Å²) < 4.78 is 0. The van der Waals surface area contributed by atoms with Crippen molar-refractivity contribution in [3.8, 4) is 0 Å². The van der Waals surface area contributed by atoms with Crippen LogP contribution in [-0.2, 0) is 4.79 Å². The third-order valence-corrected chi connectivity index (χ3v) is 1.66. The van der Waals surface area contributed by atoms with Gasteiger partial charge < -0.3 is 10.7 Å². The first kappa shape index (κ1) is 5.46. The molecule has 0 radical (unpaired) electrons. The van der Waals surface area contributed by atoms with Crippen LogP contribution >= 0.6 is 0 Å². The average molecular weight is 137 g/mol. The molecule has 4 heteroatoms. The highest BCUT2D eigenvalue weighted by atomic mass is 16.2. The van der Waals surface area contributed by atoms with Crippen LogP contribution in [0.5, 0.6) is 0 Å². The zero-order valence-corrected chi connectivity index (χ0v) is 5.29. The van der Waals surface area contributed by atoms with Gasteiger partial charge in [0.2, 0.25) is 5.91 Å². The molecule has 0 saturated heterocycles. The van der Waals surface area contributed by atoms with E-state index in [2.05, 4.69) is 15.8 Å². The van der Waals surface area contributed by atoms with Crippen LogP contribution in [0.2, 0.25) is 0 Å². The molecule has 52 valence electrons. The number of nitrogens with one attached hydrogen (secondary N) is 2. The normalized spacial score (nSPS) is 28.6. The zero-order chi connectivity index (χ0) is 6.97. The van der Waals surface area contributed by atoms with Gasteiger partial charge in [0.25, 0.3) is 0 Å². The smallest absolute Gasteiger partial charge is 0.234 e. The van der Waals surface area contributed by atoms with Crippen molar-refractivity contribution in [2.24, 2.45) is 11.0 Å². The summed E-state index contributed by atoms with van der Waals surface area (Å²) in [5.41, 5.74) is 3.61. The topological polar surface area (TPSA) is 53.5 Å². The van der Waals surface area contributed by atoms with E-state index < -0.39 is 0 Å². The second-order valence-electron chi connectivity index (χ2n) is 2.29. The average Bonchev–Trinajstić information content (AvgIpc) is 2.36. The molecule has 2 aliphatic heterocycles. The summed E-state index contributed by atoms with van der Waals surface area (Å²) in [5, 5.41) is 6.54. The summed E-state index contributed by atoms with van der Waals surface area (Å²) in [5.74, 6) is -0.0312. The maximum absolute atomic E-state index is 11.0. The van der Waals surface area contributed by atoms with Crippen LogP contribution in [-0.4, -0.2) is 18.2 Å². The first-order valence-corrected chi connectivity index (χ1v) is 3.15. The molecule has 1 atom stereocenters. The Hall–Kier alpha value is -1.32. The van der Waals surface area contributed by atoms with Crippen LogP contribution in [0.25, 0.3) is 0 Å². The maximum atomic E-state index is 11.0. The molecule has 2 aliphatic rings. The predicted octanol–water partition coefficient (Wildman–Crippen LogP) is -0.795. The third-order valence-electron chi connectivity index (χ3n) is 1.66. The molecule has 0 fully saturated rings. The van der Waals surface area contributed by atoms with Crippen molar-refractivity contribution in [1.29, 1.82) is 0 Å². The van der Waals surface area contributed by atoms with Crippen LogP contribution in [0.15, 0.2) is 17.4 Å². The lowest BCUT2D eigenvalue weighted by molar-refractivity contribution is -0.121. The van der Waals surface area contributed by atoms with Gasteiger partial charge in [-0.2, -0.15) is 5.10 Å². The number of rotatable bonds is 0.